The summed E-state index contributed by atoms with van der Waals surface area (Å²) in [6.07, 6.45) is 3.22. The number of amides is 1. The van der Waals surface area contributed by atoms with E-state index in [1.807, 2.05) is 29.3 Å². The second-order valence-electron chi connectivity index (χ2n) is 11.8. The number of likely N-dealkylation sites (tertiary alicyclic amines) is 2. The Morgan fingerprint density at radius 3 is 2.73 bits per heavy atom. The molecule has 1 N–H and O–H groups in total. The summed E-state index contributed by atoms with van der Waals surface area (Å²) in [7, 11) is 0. The van der Waals surface area contributed by atoms with Gasteiger partial charge in [-0.15, -0.1) is 11.3 Å². The second-order valence-corrected chi connectivity index (χ2v) is 12.6. The van der Waals surface area contributed by atoms with Crippen LogP contribution in [0.15, 0.2) is 70.3 Å². The molecule has 0 saturated carbocycles. The molecule has 3 aliphatic heterocycles. The van der Waals surface area contributed by atoms with Crippen LogP contribution in [-0.2, 0) is 14.3 Å². The Labute approximate surface area is 265 Å². The zero-order valence-corrected chi connectivity index (χ0v) is 26.4. The number of amidine groups is 1. The van der Waals surface area contributed by atoms with E-state index in [9.17, 15) is 18.8 Å². The fourth-order valence-corrected chi connectivity index (χ4v) is 7.27. The van der Waals surface area contributed by atoms with E-state index in [0.717, 1.165) is 11.8 Å². The van der Waals surface area contributed by atoms with Gasteiger partial charge in [0, 0.05) is 54.3 Å². The van der Waals surface area contributed by atoms with Crippen LogP contribution in [0.5, 0.6) is 0 Å². The Balaban J connectivity index is 1.28. The number of benzene rings is 2. The third-order valence-electron chi connectivity index (χ3n) is 9.11. The second kappa shape index (κ2) is 13.0. The zero-order valence-electron chi connectivity index (χ0n) is 25.5. The van der Waals surface area contributed by atoms with Crippen molar-refractivity contribution >= 4 is 35.3 Å². The smallest absolute Gasteiger partial charge is 0.338 e. The van der Waals surface area contributed by atoms with Crippen LogP contribution in [0.1, 0.15) is 64.4 Å². The summed E-state index contributed by atoms with van der Waals surface area (Å²) >= 11 is 1.43. The van der Waals surface area contributed by atoms with E-state index in [1.54, 1.807) is 44.3 Å². The summed E-state index contributed by atoms with van der Waals surface area (Å²) in [5.74, 6) is -0.116. The molecule has 0 aliphatic carbocycles. The average Bonchev–Trinajstić information content (AvgIpc) is 3.70. The lowest BCUT2D eigenvalue weighted by atomic mass is 9.87. The summed E-state index contributed by atoms with van der Waals surface area (Å²) in [6, 6.07) is 11.3. The van der Waals surface area contributed by atoms with Gasteiger partial charge >= 0.3 is 5.97 Å². The molecule has 1 aromatic heterocycles. The van der Waals surface area contributed by atoms with Gasteiger partial charge in [0.1, 0.15) is 18.1 Å². The third kappa shape index (κ3) is 6.06. The van der Waals surface area contributed by atoms with E-state index in [-0.39, 0.29) is 36.2 Å². The Bertz CT molecular complexity index is 1660. The SMILES string of the molecule is CCOC(=O)C1=C(CN2CCC3C(=O)N(C(C)c4ccc(C=O)cc4)CC3C2)NC(c2nccs2)=N[C@H]1c1cccc(F)c1C. The lowest BCUT2D eigenvalue weighted by Crippen LogP contribution is -2.45. The number of halogens is 1. The van der Waals surface area contributed by atoms with Crippen molar-refractivity contribution in [2.45, 2.75) is 39.3 Å². The number of carbonyl (C=O) groups excluding carboxylic acids is 3. The lowest BCUT2D eigenvalue weighted by Gasteiger charge is -2.36. The van der Waals surface area contributed by atoms with Gasteiger partial charge in [-0.05, 0) is 56.5 Å². The molecule has 234 valence electrons. The molecule has 2 aromatic carbocycles. The van der Waals surface area contributed by atoms with E-state index < -0.39 is 12.0 Å². The molecule has 6 rings (SSSR count). The summed E-state index contributed by atoms with van der Waals surface area (Å²) in [4.78, 5) is 51.8. The van der Waals surface area contributed by atoms with Crippen LogP contribution < -0.4 is 5.32 Å². The summed E-state index contributed by atoms with van der Waals surface area (Å²) in [5, 5.41) is 5.92. The molecule has 1 amide bonds. The first kappa shape index (κ1) is 30.8. The fraction of sp³-hybridized carbons (Fsp3) is 0.382. The number of aldehydes is 1. The summed E-state index contributed by atoms with van der Waals surface area (Å²) in [5.41, 5.74) is 3.61. The van der Waals surface area contributed by atoms with Gasteiger partial charge in [-0.1, -0.05) is 36.4 Å². The first-order valence-electron chi connectivity index (χ1n) is 15.3. The summed E-state index contributed by atoms with van der Waals surface area (Å²) < 4.78 is 20.3. The number of esters is 1. The number of aromatic nitrogens is 1. The van der Waals surface area contributed by atoms with Crippen molar-refractivity contribution in [1.82, 2.24) is 20.1 Å². The molecule has 4 atom stereocenters. The molecule has 2 fully saturated rings. The Kier molecular flexibility index (Phi) is 8.91. The molecule has 0 spiro atoms. The van der Waals surface area contributed by atoms with Crippen LogP contribution in [0.4, 0.5) is 4.39 Å². The number of aliphatic imine (C=N–C) groups is 1. The molecule has 45 heavy (non-hydrogen) atoms. The molecule has 3 aromatic rings. The number of nitrogens with one attached hydrogen (secondary N) is 1. The minimum atomic E-state index is -0.776. The highest BCUT2D eigenvalue weighted by Crippen LogP contribution is 2.39. The van der Waals surface area contributed by atoms with Crippen LogP contribution in [0.2, 0.25) is 0 Å². The Hall–Kier alpha value is -4.22. The van der Waals surface area contributed by atoms with Crippen molar-refractivity contribution < 1.29 is 23.5 Å². The van der Waals surface area contributed by atoms with Crippen molar-refractivity contribution in [1.29, 1.82) is 0 Å². The molecule has 0 bridgehead atoms. The molecular weight excluding hydrogens is 593 g/mol. The average molecular weight is 630 g/mol. The van der Waals surface area contributed by atoms with E-state index in [2.05, 4.69) is 15.2 Å². The predicted octanol–water partition coefficient (Wildman–Crippen LogP) is 4.85. The van der Waals surface area contributed by atoms with Gasteiger partial charge in [-0.25, -0.2) is 14.2 Å². The molecule has 0 radical (unpaired) electrons. The van der Waals surface area contributed by atoms with Crippen LogP contribution in [0, 0.1) is 24.6 Å². The summed E-state index contributed by atoms with van der Waals surface area (Å²) in [6.45, 7) is 8.06. The predicted molar refractivity (Wildman–Crippen MR) is 169 cm³/mol. The highest BCUT2D eigenvalue weighted by atomic mass is 32.1. The van der Waals surface area contributed by atoms with Crippen molar-refractivity contribution in [2.24, 2.45) is 16.8 Å². The Morgan fingerprint density at radius 2 is 2.02 bits per heavy atom. The minimum Gasteiger partial charge on any atom is -0.463 e. The number of fused-ring (bicyclic) bond motifs is 1. The molecule has 3 unspecified atom stereocenters. The lowest BCUT2D eigenvalue weighted by molar-refractivity contribution is -0.139. The maximum atomic E-state index is 14.8. The zero-order chi connectivity index (χ0) is 31.7. The Morgan fingerprint density at radius 1 is 1.22 bits per heavy atom. The van der Waals surface area contributed by atoms with Crippen LogP contribution >= 0.6 is 11.3 Å². The van der Waals surface area contributed by atoms with Crippen molar-refractivity contribution in [3.63, 3.8) is 0 Å². The van der Waals surface area contributed by atoms with Crippen molar-refractivity contribution in [3.05, 3.63) is 98.4 Å². The number of carbonyl (C=O) groups is 3. The molecule has 2 saturated heterocycles. The van der Waals surface area contributed by atoms with Gasteiger partial charge in [0.05, 0.1) is 18.2 Å². The van der Waals surface area contributed by atoms with E-state index in [1.165, 1.54) is 17.4 Å². The molecular formula is C34H36FN5O4S. The largest absolute Gasteiger partial charge is 0.463 e. The van der Waals surface area contributed by atoms with Gasteiger partial charge in [-0.3, -0.25) is 19.5 Å². The van der Waals surface area contributed by atoms with Crippen LogP contribution in [0.3, 0.4) is 0 Å². The van der Waals surface area contributed by atoms with E-state index in [4.69, 9.17) is 9.73 Å². The molecule has 3 aliphatic rings. The normalized spacial score (nSPS) is 22.5. The van der Waals surface area contributed by atoms with Gasteiger partial charge in [0.25, 0.3) is 0 Å². The highest BCUT2D eigenvalue weighted by molar-refractivity contribution is 7.11. The number of nitrogens with zero attached hydrogens (tertiary/aromatic N) is 4. The van der Waals surface area contributed by atoms with Gasteiger partial charge in [0.2, 0.25) is 5.91 Å². The first-order chi connectivity index (χ1) is 21.8. The topological polar surface area (TPSA) is 104 Å². The number of ether oxygens (including phenoxy) is 1. The van der Waals surface area contributed by atoms with Crippen molar-refractivity contribution in [2.75, 3.05) is 32.8 Å². The monoisotopic (exact) mass is 629 g/mol. The van der Waals surface area contributed by atoms with Gasteiger partial charge < -0.3 is 15.0 Å². The minimum absolute atomic E-state index is 0.0640. The first-order valence-corrected chi connectivity index (χ1v) is 16.1. The quantitative estimate of drug-likeness (QED) is 0.267. The van der Waals surface area contributed by atoms with Crippen LogP contribution in [0.25, 0.3) is 0 Å². The molecule has 11 heteroatoms. The van der Waals surface area contributed by atoms with Gasteiger partial charge in [0.15, 0.2) is 10.8 Å². The van der Waals surface area contributed by atoms with E-state index in [0.29, 0.717) is 71.4 Å². The van der Waals surface area contributed by atoms with Crippen LogP contribution in [-0.4, -0.2) is 71.6 Å². The standard InChI is InChI=1S/C34H36FN5O4S/c1-4-44-34(43)29-28(37-31(32-36-13-15-45-32)38-30(29)25-6-5-7-27(35)20(25)2)18-39-14-12-26-24(16-39)17-40(33(26)42)21(3)23-10-8-22(19-41)9-11-23/h5-11,13,15,19,21,24,26,30H,4,12,14,16-18H2,1-3H3,(H,37,38)/t21?,24?,26?,30-/m0/s1. The maximum absolute atomic E-state index is 14.8. The van der Waals surface area contributed by atoms with E-state index >= 15 is 0 Å². The molecule has 9 nitrogen and oxygen atoms in total. The number of hydrogen-bond acceptors (Lipinski definition) is 9. The number of rotatable bonds is 9. The highest BCUT2D eigenvalue weighted by Gasteiger charge is 2.45. The van der Waals surface area contributed by atoms with Gasteiger partial charge in [-0.2, -0.15) is 0 Å². The molecule has 4 heterocycles. The fourth-order valence-electron chi connectivity index (χ4n) is 6.69. The maximum Gasteiger partial charge on any atom is 0.338 e. The third-order valence-corrected chi connectivity index (χ3v) is 9.89. The van der Waals surface area contributed by atoms with Crippen molar-refractivity contribution in [3.8, 4) is 0 Å². The number of hydrogen-bond donors (Lipinski definition) is 1. The number of piperidine rings is 1. The number of thiazole rings is 1.